The number of nitrogens with zero attached hydrogens (tertiary/aromatic N) is 1. The number of ether oxygens (including phenoxy) is 1. The maximum Gasteiger partial charge on any atom is 0.261 e. The summed E-state index contributed by atoms with van der Waals surface area (Å²) in [5.74, 6) is 0.760. The van der Waals surface area contributed by atoms with E-state index < -0.39 is 15.9 Å². The molecule has 2 aromatic carbocycles. The molecule has 0 spiro atoms. The van der Waals surface area contributed by atoms with Gasteiger partial charge < -0.3 is 19.6 Å². The summed E-state index contributed by atoms with van der Waals surface area (Å²) in [7, 11) is -2.46. The predicted octanol–water partition coefficient (Wildman–Crippen LogP) is 4.41. The Bertz CT molecular complexity index is 1410. The zero-order valence-electron chi connectivity index (χ0n) is 18.2. The van der Waals surface area contributed by atoms with Crippen LogP contribution in [0.3, 0.4) is 0 Å². The number of carbonyl (C=O) groups excluding carboxylic acids is 1. The van der Waals surface area contributed by atoms with Crippen molar-refractivity contribution >= 4 is 38.6 Å². The minimum Gasteiger partial charge on any atom is -0.506 e. The van der Waals surface area contributed by atoms with Crippen LogP contribution < -0.4 is 14.8 Å². The lowest BCUT2D eigenvalue weighted by Gasteiger charge is -2.12. The lowest BCUT2D eigenvalue weighted by Crippen LogP contribution is -2.17. The molecule has 0 aliphatic carbocycles. The van der Waals surface area contributed by atoms with Gasteiger partial charge in [0.2, 0.25) is 11.8 Å². The minimum atomic E-state index is -3.97. The molecule has 4 aromatic rings. The van der Waals surface area contributed by atoms with Gasteiger partial charge in [0.05, 0.1) is 34.7 Å². The summed E-state index contributed by atoms with van der Waals surface area (Å²) in [5.41, 5.74) is 0.745. The largest absolute Gasteiger partial charge is 0.506 e. The predicted molar refractivity (Wildman–Crippen MR) is 129 cm³/mol. The molecule has 9 nitrogen and oxygen atoms in total. The molecular weight excluding hydrogens is 478 g/mol. The number of aryl methyl sites for hydroxylation is 1. The number of methoxy groups -OCH3 is 1. The number of hydrogen-bond acceptors (Lipinski definition) is 8. The van der Waals surface area contributed by atoms with Crippen LogP contribution in [0, 0.1) is 6.92 Å². The molecule has 0 atom stereocenters. The van der Waals surface area contributed by atoms with Gasteiger partial charge in [-0.25, -0.2) is 13.4 Å². The van der Waals surface area contributed by atoms with Gasteiger partial charge in [-0.15, -0.1) is 11.3 Å². The standard InChI is InChI=1S/C23H21N3O6S2/c1-14-18(25-23(32-14)21-4-3-11-33-21)13-22(28)24-19-12-17(9-10-20(19)27)34(29,30)26-15-5-7-16(31-2)8-6-15/h3-12,26-27H,13H2,1-2H3,(H,24,28). The molecule has 0 unspecified atom stereocenters. The van der Waals surface area contributed by atoms with Gasteiger partial charge in [-0.3, -0.25) is 9.52 Å². The summed E-state index contributed by atoms with van der Waals surface area (Å²) in [6.07, 6.45) is -0.110. The second kappa shape index (κ2) is 9.57. The van der Waals surface area contributed by atoms with Crippen LogP contribution >= 0.6 is 11.3 Å². The number of oxazole rings is 1. The lowest BCUT2D eigenvalue weighted by molar-refractivity contribution is -0.115. The third kappa shape index (κ3) is 5.21. The highest BCUT2D eigenvalue weighted by molar-refractivity contribution is 7.92. The Kier molecular flexibility index (Phi) is 6.57. The third-order valence-electron chi connectivity index (χ3n) is 4.85. The molecule has 0 aliphatic heterocycles. The van der Waals surface area contributed by atoms with Crippen molar-refractivity contribution in [1.82, 2.24) is 4.98 Å². The number of thiophene rings is 1. The molecule has 0 bridgehead atoms. The Labute approximate surface area is 200 Å². The van der Waals surface area contributed by atoms with Crippen LogP contribution in [-0.4, -0.2) is 31.5 Å². The first-order chi connectivity index (χ1) is 16.2. The summed E-state index contributed by atoms with van der Waals surface area (Å²) < 4.78 is 38.8. The molecular formula is C23H21N3O6S2. The molecule has 34 heavy (non-hydrogen) atoms. The van der Waals surface area contributed by atoms with E-state index >= 15 is 0 Å². The van der Waals surface area contributed by atoms with Crippen LogP contribution in [-0.2, 0) is 21.2 Å². The van der Waals surface area contributed by atoms with Crippen LogP contribution in [0.4, 0.5) is 11.4 Å². The molecule has 4 rings (SSSR count). The van der Waals surface area contributed by atoms with Crippen molar-refractivity contribution in [2.45, 2.75) is 18.2 Å². The number of aromatic hydroxyl groups is 1. The maximum atomic E-state index is 12.8. The fraction of sp³-hybridized carbons (Fsp3) is 0.130. The summed E-state index contributed by atoms with van der Waals surface area (Å²) in [5, 5.41) is 14.6. The van der Waals surface area contributed by atoms with Crippen LogP contribution in [0.2, 0.25) is 0 Å². The third-order valence-corrected chi connectivity index (χ3v) is 7.08. The Balaban J connectivity index is 1.49. The Morgan fingerprint density at radius 1 is 1.18 bits per heavy atom. The normalized spacial score (nSPS) is 11.2. The van der Waals surface area contributed by atoms with Crippen molar-refractivity contribution < 1.29 is 27.5 Å². The average Bonchev–Trinajstić information content (AvgIpc) is 3.46. The van der Waals surface area contributed by atoms with Gasteiger partial charge in [0.25, 0.3) is 10.0 Å². The first-order valence-electron chi connectivity index (χ1n) is 10.0. The van der Waals surface area contributed by atoms with Gasteiger partial charge in [-0.1, -0.05) is 6.07 Å². The highest BCUT2D eigenvalue weighted by Gasteiger charge is 2.19. The van der Waals surface area contributed by atoms with Gasteiger partial charge in [-0.05, 0) is 60.8 Å². The number of anilines is 2. The number of sulfonamides is 1. The van der Waals surface area contributed by atoms with Crippen LogP contribution in [0.15, 0.2) is 69.3 Å². The van der Waals surface area contributed by atoms with E-state index in [4.69, 9.17) is 9.15 Å². The molecule has 11 heteroatoms. The Morgan fingerprint density at radius 2 is 1.94 bits per heavy atom. The number of hydrogen-bond donors (Lipinski definition) is 3. The van der Waals surface area contributed by atoms with Crippen molar-refractivity contribution in [3.8, 4) is 22.3 Å². The van der Waals surface area contributed by atoms with Gasteiger partial charge in [0.15, 0.2) is 0 Å². The number of phenolic OH excluding ortho intramolecular Hbond substituents is 1. The second-order valence-electron chi connectivity index (χ2n) is 7.24. The SMILES string of the molecule is COc1ccc(NS(=O)(=O)c2ccc(O)c(NC(=O)Cc3nc(-c4cccs4)oc3C)c2)cc1. The number of benzene rings is 2. The van der Waals surface area contributed by atoms with E-state index in [2.05, 4.69) is 15.0 Å². The fourth-order valence-corrected chi connectivity index (χ4v) is 4.83. The molecule has 1 amide bonds. The second-order valence-corrected chi connectivity index (χ2v) is 9.87. The van der Waals surface area contributed by atoms with Crippen molar-refractivity contribution in [3.05, 3.63) is 71.4 Å². The number of amides is 1. The molecule has 3 N–H and O–H groups in total. The van der Waals surface area contributed by atoms with E-state index in [0.29, 0.717) is 28.8 Å². The van der Waals surface area contributed by atoms with Crippen LogP contribution in [0.25, 0.3) is 10.8 Å². The highest BCUT2D eigenvalue weighted by atomic mass is 32.2. The molecule has 2 aromatic heterocycles. The van der Waals surface area contributed by atoms with Gasteiger partial charge >= 0.3 is 0 Å². The van der Waals surface area contributed by atoms with E-state index in [0.717, 1.165) is 4.88 Å². The molecule has 0 fully saturated rings. The summed E-state index contributed by atoms with van der Waals surface area (Å²) >= 11 is 1.47. The fourth-order valence-electron chi connectivity index (χ4n) is 3.10. The minimum absolute atomic E-state index is 0.0396. The molecule has 0 saturated carbocycles. The van der Waals surface area contributed by atoms with E-state index in [1.807, 2.05) is 17.5 Å². The summed E-state index contributed by atoms with van der Waals surface area (Å²) in [6, 6.07) is 13.7. The average molecular weight is 500 g/mol. The quantitative estimate of drug-likeness (QED) is 0.306. The Hall–Kier alpha value is -3.83. The van der Waals surface area contributed by atoms with Crippen molar-refractivity contribution in [2.24, 2.45) is 0 Å². The van der Waals surface area contributed by atoms with Gasteiger partial charge in [-0.2, -0.15) is 0 Å². The molecule has 2 heterocycles. The van der Waals surface area contributed by atoms with Crippen molar-refractivity contribution in [1.29, 1.82) is 0 Å². The first-order valence-corrected chi connectivity index (χ1v) is 12.4. The number of rotatable bonds is 8. The summed E-state index contributed by atoms with van der Waals surface area (Å²) in [6.45, 7) is 1.71. The number of carbonyl (C=O) groups is 1. The van der Waals surface area contributed by atoms with Crippen molar-refractivity contribution in [2.75, 3.05) is 17.1 Å². The van der Waals surface area contributed by atoms with Crippen molar-refractivity contribution in [3.63, 3.8) is 0 Å². The number of nitrogens with one attached hydrogen (secondary N) is 2. The zero-order chi connectivity index (χ0) is 24.3. The number of phenols is 1. The van der Waals surface area contributed by atoms with Gasteiger partial charge in [0.1, 0.15) is 17.3 Å². The monoisotopic (exact) mass is 499 g/mol. The maximum absolute atomic E-state index is 12.8. The topological polar surface area (TPSA) is 131 Å². The van der Waals surface area contributed by atoms with E-state index in [1.165, 1.54) is 36.6 Å². The first kappa shape index (κ1) is 23.3. The van der Waals surface area contributed by atoms with E-state index in [-0.39, 0.29) is 22.8 Å². The molecule has 0 aliphatic rings. The molecule has 176 valence electrons. The lowest BCUT2D eigenvalue weighted by atomic mass is 10.2. The smallest absolute Gasteiger partial charge is 0.261 e. The van der Waals surface area contributed by atoms with Crippen LogP contribution in [0.5, 0.6) is 11.5 Å². The van der Waals surface area contributed by atoms with Crippen LogP contribution in [0.1, 0.15) is 11.5 Å². The van der Waals surface area contributed by atoms with E-state index in [1.54, 1.807) is 31.2 Å². The summed E-state index contributed by atoms with van der Waals surface area (Å²) in [4.78, 5) is 17.7. The van der Waals surface area contributed by atoms with E-state index in [9.17, 15) is 18.3 Å². The number of aromatic nitrogens is 1. The molecule has 0 saturated heterocycles. The highest BCUT2D eigenvalue weighted by Crippen LogP contribution is 2.29. The zero-order valence-corrected chi connectivity index (χ0v) is 19.9. The Morgan fingerprint density at radius 3 is 2.62 bits per heavy atom. The molecule has 0 radical (unpaired) electrons. The van der Waals surface area contributed by atoms with Gasteiger partial charge in [0, 0.05) is 5.69 Å².